The van der Waals surface area contributed by atoms with Crippen molar-refractivity contribution in [2.24, 2.45) is 5.92 Å². The van der Waals surface area contributed by atoms with Gasteiger partial charge in [-0.15, -0.1) is 0 Å². The molecule has 2 saturated heterocycles. The second kappa shape index (κ2) is 7.66. The lowest BCUT2D eigenvalue weighted by molar-refractivity contribution is -0.123. The molecule has 1 spiro atoms. The van der Waals surface area contributed by atoms with Crippen molar-refractivity contribution in [2.45, 2.75) is 57.6 Å². The van der Waals surface area contributed by atoms with Gasteiger partial charge in [0.1, 0.15) is 0 Å². The third kappa shape index (κ3) is 3.50. The van der Waals surface area contributed by atoms with Crippen LogP contribution in [0, 0.1) is 5.92 Å². The number of ether oxygens (including phenoxy) is 1. The molecule has 132 valence electrons. The Morgan fingerprint density at radius 2 is 1.92 bits per heavy atom. The maximum Gasteiger partial charge on any atom is 0.230 e. The second-order valence-corrected chi connectivity index (χ2v) is 7.16. The van der Waals surface area contributed by atoms with Gasteiger partial charge in [-0.05, 0) is 57.3 Å². The molecule has 0 saturated carbocycles. The molecular formula is C20H30N2O2. The minimum Gasteiger partial charge on any atom is -0.373 e. The number of anilines is 1. The van der Waals surface area contributed by atoms with Crippen molar-refractivity contribution in [3.8, 4) is 0 Å². The van der Waals surface area contributed by atoms with Crippen LogP contribution < -0.4 is 10.2 Å². The fourth-order valence-corrected chi connectivity index (χ4v) is 4.16. The summed E-state index contributed by atoms with van der Waals surface area (Å²) in [4.78, 5) is 15.3. The molecule has 0 bridgehead atoms. The first-order valence-corrected chi connectivity index (χ1v) is 9.42. The minimum absolute atomic E-state index is 0.0306. The molecule has 4 heteroatoms. The van der Waals surface area contributed by atoms with Gasteiger partial charge in [-0.2, -0.15) is 0 Å². The largest absolute Gasteiger partial charge is 0.373 e. The molecular weight excluding hydrogens is 300 g/mol. The lowest BCUT2D eigenvalue weighted by atomic mass is 9.87. The Bertz CT molecular complexity index is 536. The van der Waals surface area contributed by atoms with E-state index in [-0.39, 0.29) is 23.5 Å². The fourth-order valence-electron chi connectivity index (χ4n) is 4.16. The monoisotopic (exact) mass is 330 g/mol. The van der Waals surface area contributed by atoms with E-state index in [1.165, 1.54) is 0 Å². The van der Waals surface area contributed by atoms with E-state index in [1.807, 2.05) is 35.2 Å². The topological polar surface area (TPSA) is 41.6 Å². The predicted octanol–water partition coefficient (Wildman–Crippen LogP) is 3.37. The van der Waals surface area contributed by atoms with Crippen LogP contribution in [-0.2, 0) is 9.53 Å². The van der Waals surface area contributed by atoms with Crippen molar-refractivity contribution in [2.75, 3.05) is 24.6 Å². The molecule has 0 aromatic heterocycles. The fraction of sp³-hybridized carbons (Fsp3) is 0.650. The number of para-hydroxylation sites is 1. The molecule has 1 aromatic rings. The number of carbonyl (C=O) groups is 1. The van der Waals surface area contributed by atoms with E-state index in [9.17, 15) is 4.79 Å². The molecule has 1 atom stereocenters. The first-order chi connectivity index (χ1) is 11.7. The van der Waals surface area contributed by atoms with Crippen molar-refractivity contribution in [1.29, 1.82) is 0 Å². The molecule has 2 fully saturated rings. The average Bonchev–Trinajstić information content (AvgIpc) is 3.01. The molecule has 1 aromatic carbocycles. The van der Waals surface area contributed by atoms with Crippen LogP contribution in [0.1, 0.15) is 46.0 Å². The molecule has 2 aliphatic rings. The highest BCUT2D eigenvalue weighted by molar-refractivity contribution is 5.95. The van der Waals surface area contributed by atoms with Gasteiger partial charge in [-0.3, -0.25) is 4.79 Å². The summed E-state index contributed by atoms with van der Waals surface area (Å²) in [7, 11) is 0. The number of rotatable bonds is 5. The first-order valence-electron chi connectivity index (χ1n) is 9.42. The molecule has 3 rings (SSSR count). The second-order valence-electron chi connectivity index (χ2n) is 7.16. The van der Waals surface area contributed by atoms with Gasteiger partial charge in [0.25, 0.3) is 0 Å². The predicted molar refractivity (Wildman–Crippen MR) is 97.2 cm³/mol. The van der Waals surface area contributed by atoms with E-state index >= 15 is 0 Å². The SMILES string of the molecule is CCC(CC)C(=O)N(c1ccccc1)[C@H]1COC2(CCNCC2)C1. The van der Waals surface area contributed by atoms with Crippen LogP contribution in [0.5, 0.6) is 0 Å². The first kappa shape index (κ1) is 17.4. The lowest BCUT2D eigenvalue weighted by Crippen LogP contribution is -2.46. The van der Waals surface area contributed by atoms with E-state index in [2.05, 4.69) is 19.2 Å². The zero-order chi connectivity index (χ0) is 17.0. The van der Waals surface area contributed by atoms with Gasteiger partial charge < -0.3 is 15.0 Å². The lowest BCUT2D eigenvalue weighted by Gasteiger charge is -2.35. The van der Waals surface area contributed by atoms with Crippen LogP contribution in [0.25, 0.3) is 0 Å². The standard InChI is InChI=1S/C20H30N2O2/c1-3-16(4-2)19(23)22(17-8-6-5-7-9-17)18-14-20(24-15-18)10-12-21-13-11-20/h5-9,16,18,21H,3-4,10-15H2,1-2H3/t18-/m1/s1. The number of piperidine rings is 1. The summed E-state index contributed by atoms with van der Waals surface area (Å²) < 4.78 is 6.26. The summed E-state index contributed by atoms with van der Waals surface area (Å²) in [5, 5.41) is 3.41. The molecule has 4 nitrogen and oxygen atoms in total. The average molecular weight is 330 g/mol. The highest BCUT2D eigenvalue weighted by Gasteiger charge is 2.45. The zero-order valence-electron chi connectivity index (χ0n) is 15.0. The number of nitrogens with zero attached hydrogens (tertiary/aromatic N) is 1. The number of hydrogen-bond donors (Lipinski definition) is 1. The van der Waals surface area contributed by atoms with Crippen molar-refractivity contribution >= 4 is 11.6 Å². The van der Waals surface area contributed by atoms with Gasteiger partial charge in [-0.1, -0.05) is 32.0 Å². The minimum atomic E-state index is -0.0306. The third-order valence-corrected chi connectivity index (χ3v) is 5.68. The maximum absolute atomic E-state index is 13.2. The number of amides is 1. The molecule has 0 aliphatic carbocycles. The molecule has 24 heavy (non-hydrogen) atoms. The van der Waals surface area contributed by atoms with Crippen LogP contribution >= 0.6 is 0 Å². The summed E-state index contributed by atoms with van der Waals surface area (Å²) in [6.45, 7) is 6.89. The maximum atomic E-state index is 13.2. The van der Waals surface area contributed by atoms with Gasteiger partial charge in [0.05, 0.1) is 18.2 Å². The number of nitrogens with one attached hydrogen (secondary N) is 1. The molecule has 2 aliphatic heterocycles. The summed E-state index contributed by atoms with van der Waals surface area (Å²) in [6, 6.07) is 10.3. The van der Waals surface area contributed by atoms with Crippen molar-refractivity contribution < 1.29 is 9.53 Å². The molecule has 0 unspecified atom stereocenters. The van der Waals surface area contributed by atoms with Gasteiger partial charge in [0.15, 0.2) is 0 Å². The van der Waals surface area contributed by atoms with Gasteiger partial charge in [0.2, 0.25) is 5.91 Å². The van der Waals surface area contributed by atoms with Gasteiger partial charge in [0, 0.05) is 11.6 Å². The van der Waals surface area contributed by atoms with E-state index in [0.717, 1.165) is 50.9 Å². The third-order valence-electron chi connectivity index (χ3n) is 5.68. The summed E-state index contributed by atoms with van der Waals surface area (Å²) >= 11 is 0. The van der Waals surface area contributed by atoms with Crippen LogP contribution in [0.4, 0.5) is 5.69 Å². The number of hydrogen-bond acceptors (Lipinski definition) is 3. The van der Waals surface area contributed by atoms with Crippen molar-refractivity contribution in [3.05, 3.63) is 30.3 Å². The molecule has 2 heterocycles. The van der Waals surface area contributed by atoms with Crippen molar-refractivity contribution in [3.63, 3.8) is 0 Å². The Kier molecular flexibility index (Phi) is 5.57. The zero-order valence-corrected chi connectivity index (χ0v) is 15.0. The van der Waals surface area contributed by atoms with E-state index in [4.69, 9.17) is 4.74 Å². The smallest absolute Gasteiger partial charge is 0.230 e. The summed E-state index contributed by atoms with van der Waals surface area (Å²) in [5.41, 5.74) is 0.978. The van der Waals surface area contributed by atoms with E-state index in [0.29, 0.717) is 6.61 Å². The van der Waals surface area contributed by atoms with E-state index in [1.54, 1.807) is 0 Å². The van der Waals surface area contributed by atoms with Crippen LogP contribution in [0.3, 0.4) is 0 Å². The van der Waals surface area contributed by atoms with Crippen LogP contribution in [0.15, 0.2) is 30.3 Å². The van der Waals surface area contributed by atoms with Crippen molar-refractivity contribution in [1.82, 2.24) is 5.32 Å². The highest BCUT2D eigenvalue weighted by Crippen LogP contribution is 2.38. The normalized spacial score (nSPS) is 22.9. The Balaban J connectivity index is 1.84. The van der Waals surface area contributed by atoms with Crippen LogP contribution in [0.2, 0.25) is 0 Å². The Morgan fingerprint density at radius 1 is 1.25 bits per heavy atom. The van der Waals surface area contributed by atoms with Gasteiger partial charge in [-0.25, -0.2) is 0 Å². The molecule has 1 amide bonds. The molecule has 0 radical (unpaired) electrons. The summed E-state index contributed by atoms with van der Waals surface area (Å²) in [6.07, 6.45) is 4.83. The van der Waals surface area contributed by atoms with Gasteiger partial charge >= 0.3 is 0 Å². The quantitative estimate of drug-likeness (QED) is 0.900. The number of carbonyl (C=O) groups excluding carboxylic acids is 1. The van der Waals surface area contributed by atoms with E-state index < -0.39 is 0 Å². The Morgan fingerprint density at radius 3 is 2.54 bits per heavy atom. The number of benzene rings is 1. The Labute approximate surface area is 145 Å². The molecule has 1 N–H and O–H groups in total. The highest BCUT2D eigenvalue weighted by atomic mass is 16.5. The van der Waals surface area contributed by atoms with Crippen LogP contribution in [-0.4, -0.2) is 37.2 Å². The Hall–Kier alpha value is -1.39. The summed E-state index contributed by atoms with van der Waals surface area (Å²) in [5.74, 6) is 0.348.